The maximum atomic E-state index is 16.0. The number of halogens is 4. The Morgan fingerprint density at radius 1 is 0.957 bits per heavy atom. The molecule has 3 N–H and O–H groups in total. The summed E-state index contributed by atoms with van der Waals surface area (Å²) in [6.45, 7) is -10.5. The molecule has 10 atom stereocenters. The van der Waals surface area contributed by atoms with Gasteiger partial charge in [0.05, 0.1) is 30.6 Å². The number of fused-ring (bicyclic) bond motifs is 5. The summed E-state index contributed by atoms with van der Waals surface area (Å²) >= 11 is 7.94. The molecule has 17 nitrogen and oxygen atoms in total. The SMILES string of the molecule is Nc1ncnc2c1ncn2[C@@H]1O[C@@H]2CO[P@@](=O)(S)O[C@@H]3[C@H](O)[C@@H](CO[P@@](=O)(S)O[C@H]2[C@H]1F)O[C@H]3n1nnc2c(C(F)(F)F)cccc21. The molecule has 4 aromatic rings. The second-order valence-electron chi connectivity index (χ2n) is 10.5. The normalized spacial score (nSPS) is 37.0. The van der Waals surface area contributed by atoms with Gasteiger partial charge in [-0.2, -0.15) is 13.2 Å². The number of nitrogens with zero attached hydrogens (tertiary/aromatic N) is 7. The van der Waals surface area contributed by atoms with E-state index < -0.39 is 93.2 Å². The van der Waals surface area contributed by atoms with Crippen LogP contribution in [0.2, 0.25) is 0 Å². The lowest BCUT2D eigenvalue weighted by atomic mass is 10.1. The Balaban J connectivity index is 1.20. The molecule has 254 valence electrons. The van der Waals surface area contributed by atoms with E-state index in [0.29, 0.717) is 0 Å². The van der Waals surface area contributed by atoms with Gasteiger partial charge >= 0.3 is 19.8 Å². The second kappa shape index (κ2) is 11.9. The Morgan fingerprint density at radius 3 is 2.36 bits per heavy atom. The predicted molar refractivity (Wildman–Crippen MR) is 156 cm³/mol. The van der Waals surface area contributed by atoms with Gasteiger partial charge in [-0.1, -0.05) is 35.8 Å². The van der Waals surface area contributed by atoms with Crippen molar-refractivity contribution in [3.63, 3.8) is 0 Å². The fraction of sp³-hybridized carbons (Fsp3) is 0.500. The molecule has 0 unspecified atom stereocenters. The molecule has 3 fully saturated rings. The van der Waals surface area contributed by atoms with Gasteiger partial charge in [-0.15, -0.1) is 5.10 Å². The molecule has 0 saturated carbocycles. The number of hydrogen-bond donors (Lipinski definition) is 4. The lowest BCUT2D eigenvalue weighted by Gasteiger charge is -2.26. The number of aliphatic hydroxyl groups is 1. The summed E-state index contributed by atoms with van der Waals surface area (Å²) in [7, 11) is 0. The minimum absolute atomic E-state index is 0.0164. The van der Waals surface area contributed by atoms with E-state index in [1.54, 1.807) is 0 Å². The highest BCUT2D eigenvalue weighted by Crippen LogP contribution is 2.60. The molecule has 3 aromatic heterocycles. The first kappa shape index (κ1) is 33.1. The number of thiol groups is 2. The van der Waals surface area contributed by atoms with Crippen LogP contribution in [0.4, 0.5) is 23.4 Å². The van der Waals surface area contributed by atoms with Crippen LogP contribution in [0.5, 0.6) is 0 Å². The third kappa shape index (κ3) is 6.05. The zero-order valence-electron chi connectivity index (χ0n) is 23.1. The van der Waals surface area contributed by atoms with Crippen molar-refractivity contribution in [2.24, 2.45) is 0 Å². The van der Waals surface area contributed by atoms with Gasteiger partial charge in [0.15, 0.2) is 30.1 Å². The van der Waals surface area contributed by atoms with Gasteiger partial charge < -0.3 is 20.3 Å². The highest BCUT2D eigenvalue weighted by Gasteiger charge is 2.54. The minimum atomic E-state index is -4.78. The van der Waals surface area contributed by atoms with Crippen LogP contribution in [0.1, 0.15) is 18.0 Å². The summed E-state index contributed by atoms with van der Waals surface area (Å²) in [6.07, 6.45) is -15.6. The average Bonchev–Trinajstić information content (AvgIpc) is 3.76. The second-order valence-corrected chi connectivity index (χ2v) is 16.3. The van der Waals surface area contributed by atoms with Gasteiger partial charge in [-0.25, -0.2) is 33.2 Å². The standard InChI is InChI=1S/C22H22F4N8O9P2S2/c23-12-16-11(41-20(12)33-7-30-14-18(27)28-6-29-19(14)33)5-39-45(37,47)43-17-15(35)10(4-38-44(36,46)42-16)40-21(17)34-9-3-1-2-8(22(24,25)26)13(9)31-32-34/h1-3,6-7,10-12,15-17,20-21,35H,4-5H2,(H,36,46)(H,37,47)(H2,27,28,29)/t10-,11-,12-,15-,16-,17-,20-,21-,44-,45-/m1/s1. The van der Waals surface area contributed by atoms with Gasteiger partial charge in [0.25, 0.3) is 0 Å². The highest BCUT2D eigenvalue weighted by molar-refractivity contribution is 8.44. The van der Waals surface area contributed by atoms with E-state index in [9.17, 15) is 27.4 Å². The molecule has 25 heteroatoms. The molecule has 1 aromatic carbocycles. The van der Waals surface area contributed by atoms with Crippen molar-refractivity contribution in [3.8, 4) is 0 Å². The van der Waals surface area contributed by atoms with Crippen LogP contribution < -0.4 is 5.73 Å². The Labute approximate surface area is 270 Å². The molecule has 3 saturated heterocycles. The average molecular weight is 745 g/mol. The van der Waals surface area contributed by atoms with Crippen molar-refractivity contribution in [2.75, 3.05) is 18.9 Å². The zero-order chi connectivity index (χ0) is 33.5. The lowest BCUT2D eigenvalue weighted by molar-refractivity contribution is -0.136. The number of nitrogen functional groups attached to an aromatic ring is 1. The quantitative estimate of drug-likeness (QED) is 0.132. The number of alkyl halides is 4. The first-order valence-corrected chi connectivity index (χ1v) is 18.8. The number of nitrogens with two attached hydrogens (primary N) is 1. The number of hydrogen-bond acceptors (Lipinski definition) is 15. The molecule has 3 aliphatic heterocycles. The van der Waals surface area contributed by atoms with Crippen LogP contribution in [-0.4, -0.2) is 89.5 Å². The molecule has 0 spiro atoms. The Kier molecular flexibility index (Phi) is 8.35. The topological polar surface area (TPSA) is 210 Å². The maximum absolute atomic E-state index is 16.0. The minimum Gasteiger partial charge on any atom is -0.387 e. The van der Waals surface area contributed by atoms with Crippen LogP contribution in [0.15, 0.2) is 30.9 Å². The summed E-state index contributed by atoms with van der Waals surface area (Å²) in [4.78, 5) is 12.0. The van der Waals surface area contributed by atoms with Crippen LogP contribution in [-0.2, 0) is 42.9 Å². The smallest absolute Gasteiger partial charge is 0.387 e. The van der Waals surface area contributed by atoms with Gasteiger partial charge in [-0.05, 0) is 12.1 Å². The molecule has 0 aliphatic carbocycles. The number of imidazole rings is 1. The van der Waals surface area contributed by atoms with Crippen molar-refractivity contribution in [3.05, 3.63) is 36.4 Å². The largest absolute Gasteiger partial charge is 0.418 e. The van der Waals surface area contributed by atoms with Crippen molar-refractivity contribution < 1.29 is 59.4 Å². The van der Waals surface area contributed by atoms with Crippen molar-refractivity contribution in [1.82, 2.24) is 34.5 Å². The van der Waals surface area contributed by atoms with Gasteiger partial charge in [-0.3, -0.25) is 22.7 Å². The molecule has 2 bridgehead atoms. The van der Waals surface area contributed by atoms with Crippen LogP contribution >= 0.6 is 38.1 Å². The summed E-state index contributed by atoms with van der Waals surface area (Å²) in [6, 6.07) is 3.17. The van der Waals surface area contributed by atoms with Crippen molar-refractivity contribution in [2.45, 2.75) is 55.3 Å². The van der Waals surface area contributed by atoms with E-state index in [4.69, 9.17) is 33.3 Å². The monoisotopic (exact) mass is 744 g/mol. The van der Waals surface area contributed by atoms with E-state index >= 15 is 4.39 Å². The summed E-state index contributed by atoms with van der Waals surface area (Å²) in [5.74, 6) is 0.0164. The molecule has 0 amide bonds. The number of benzene rings is 1. The van der Waals surface area contributed by atoms with Crippen molar-refractivity contribution >= 4 is 66.1 Å². The van der Waals surface area contributed by atoms with Gasteiger partial charge in [0, 0.05) is 0 Å². The fourth-order valence-electron chi connectivity index (χ4n) is 5.48. The van der Waals surface area contributed by atoms with E-state index in [1.807, 2.05) is 0 Å². The number of aliphatic hydroxyl groups excluding tert-OH is 1. The van der Waals surface area contributed by atoms with E-state index in [2.05, 4.69) is 49.8 Å². The van der Waals surface area contributed by atoms with E-state index in [-0.39, 0.29) is 22.5 Å². The summed E-state index contributed by atoms with van der Waals surface area (Å²) in [5, 5.41) is 18.5. The lowest BCUT2D eigenvalue weighted by Crippen LogP contribution is -2.35. The molecular weight excluding hydrogens is 722 g/mol. The van der Waals surface area contributed by atoms with Crippen LogP contribution in [0.25, 0.3) is 22.2 Å². The fourth-order valence-corrected chi connectivity index (χ4v) is 8.43. The Morgan fingerprint density at radius 2 is 1.64 bits per heavy atom. The first-order valence-electron chi connectivity index (χ1n) is 13.4. The molecular formula is C22H22F4N8O9P2S2. The third-order valence-corrected chi connectivity index (χ3v) is 10.8. The maximum Gasteiger partial charge on any atom is 0.418 e. The number of ether oxygens (including phenoxy) is 2. The van der Waals surface area contributed by atoms with Crippen LogP contribution in [0, 0.1) is 0 Å². The Bertz CT molecular complexity index is 1940. The molecule has 3 aliphatic rings. The Hall–Kier alpha value is -2.43. The molecule has 7 rings (SSSR count). The number of anilines is 1. The van der Waals surface area contributed by atoms with Gasteiger partial charge in [0.1, 0.15) is 47.9 Å². The number of aromatic nitrogens is 7. The molecule has 6 heterocycles. The highest BCUT2D eigenvalue weighted by atomic mass is 32.7. The molecule has 0 radical (unpaired) electrons. The van der Waals surface area contributed by atoms with Crippen LogP contribution in [0.3, 0.4) is 0 Å². The van der Waals surface area contributed by atoms with E-state index in [0.717, 1.165) is 23.1 Å². The van der Waals surface area contributed by atoms with E-state index in [1.165, 1.54) is 17.0 Å². The summed E-state index contributed by atoms with van der Waals surface area (Å²) in [5.41, 5.74) is 4.28. The predicted octanol–water partition coefficient (Wildman–Crippen LogP) is 3.26. The van der Waals surface area contributed by atoms with Gasteiger partial charge in [0.2, 0.25) is 0 Å². The first-order chi connectivity index (χ1) is 22.1. The number of rotatable bonds is 2. The molecule has 47 heavy (non-hydrogen) atoms. The third-order valence-electron chi connectivity index (χ3n) is 7.60. The van der Waals surface area contributed by atoms with Crippen molar-refractivity contribution in [1.29, 1.82) is 0 Å². The zero-order valence-corrected chi connectivity index (χ0v) is 26.7. The summed E-state index contributed by atoms with van der Waals surface area (Å²) < 4.78 is 119.